The van der Waals surface area contributed by atoms with Crippen molar-refractivity contribution in [2.45, 2.75) is 11.1 Å². The molecule has 2 aromatic carbocycles. The van der Waals surface area contributed by atoms with Crippen molar-refractivity contribution in [2.24, 2.45) is 0 Å². The molecule has 0 unspecified atom stereocenters. The summed E-state index contributed by atoms with van der Waals surface area (Å²) in [6.45, 7) is 1.71. The maximum absolute atomic E-state index is 13.1. The number of anilines is 1. The van der Waals surface area contributed by atoms with Gasteiger partial charge in [-0.2, -0.15) is 0 Å². The van der Waals surface area contributed by atoms with Gasteiger partial charge in [0.1, 0.15) is 15.8 Å². The van der Waals surface area contributed by atoms with E-state index in [0.717, 1.165) is 11.3 Å². The number of hydrogen-bond acceptors (Lipinski definition) is 7. The van der Waals surface area contributed by atoms with Gasteiger partial charge in [-0.25, -0.2) is 22.9 Å². The van der Waals surface area contributed by atoms with Crippen LogP contribution in [0.4, 0.5) is 10.5 Å². The number of hydrogen-bond donors (Lipinski definition) is 2. The topological polar surface area (TPSA) is 119 Å². The van der Waals surface area contributed by atoms with Crippen LogP contribution in [0.3, 0.4) is 0 Å². The third-order valence-electron chi connectivity index (χ3n) is 4.67. The number of thiophene rings is 1. The molecule has 170 valence electrons. The van der Waals surface area contributed by atoms with E-state index in [1.165, 1.54) is 23.8 Å². The summed E-state index contributed by atoms with van der Waals surface area (Å²) < 4.78 is 33.3. The van der Waals surface area contributed by atoms with E-state index in [1.807, 2.05) is 4.72 Å². The first-order valence-electron chi connectivity index (χ1n) is 9.45. The zero-order valence-electron chi connectivity index (χ0n) is 17.3. The number of benzene rings is 2. The molecule has 33 heavy (non-hydrogen) atoms. The molecule has 0 saturated heterocycles. The Morgan fingerprint density at radius 3 is 2.48 bits per heavy atom. The molecule has 2 heterocycles. The van der Waals surface area contributed by atoms with Gasteiger partial charge < -0.3 is 10.1 Å². The van der Waals surface area contributed by atoms with Crippen molar-refractivity contribution in [3.8, 4) is 11.4 Å². The Morgan fingerprint density at radius 1 is 1.12 bits per heavy atom. The summed E-state index contributed by atoms with van der Waals surface area (Å²) in [4.78, 5) is 29.7. The van der Waals surface area contributed by atoms with Crippen molar-refractivity contribution in [3.05, 3.63) is 75.1 Å². The summed E-state index contributed by atoms with van der Waals surface area (Å²) in [6, 6.07) is 13.2. The molecule has 4 aromatic rings. The zero-order chi connectivity index (χ0) is 23.8. The van der Waals surface area contributed by atoms with E-state index in [4.69, 9.17) is 16.3 Å². The number of ether oxygens (including phenoxy) is 1. The molecule has 0 aliphatic heterocycles. The van der Waals surface area contributed by atoms with Crippen LogP contribution in [0.1, 0.15) is 5.82 Å². The SMILES string of the molecule is COc1ccc2nc(C)n(-c3ccc(NC(=O)NS(=O)(=O)c4ccc(Cl)s4)cc3)c(=O)c2c1. The monoisotopic (exact) mass is 504 g/mol. The number of methoxy groups -OCH3 is 1. The summed E-state index contributed by atoms with van der Waals surface area (Å²) in [6.07, 6.45) is 0. The highest BCUT2D eigenvalue weighted by Crippen LogP contribution is 2.25. The fraction of sp³-hybridized carbons (Fsp3) is 0.0952. The smallest absolute Gasteiger partial charge is 0.333 e. The number of nitrogens with zero attached hydrogens (tertiary/aromatic N) is 2. The summed E-state index contributed by atoms with van der Waals surface area (Å²) in [5.41, 5.74) is 1.15. The first-order valence-corrected chi connectivity index (χ1v) is 12.1. The number of fused-ring (bicyclic) bond motifs is 1. The number of halogens is 1. The molecule has 2 N–H and O–H groups in total. The number of amides is 2. The van der Waals surface area contributed by atoms with Gasteiger partial charge in [-0.15, -0.1) is 11.3 Å². The number of sulfonamides is 1. The number of aromatic nitrogens is 2. The standard InChI is InChI=1S/C21H17ClN4O5S2/c1-12-23-17-8-7-15(31-2)11-16(17)20(27)26(12)14-5-3-13(4-6-14)24-21(28)25-33(29,30)19-10-9-18(22)32-19/h3-11H,1-2H3,(H2,24,25,28). The predicted molar refractivity (Wildman–Crippen MR) is 127 cm³/mol. The Hall–Kier alpha value is -3.41. The largest absolute Gasteiger partial charge is 0.497 e. The third kappa shape index (κ3) is 4.70. The minimum Gasteiger partial charge on any atom is -0.497 e. The minimum absolute atomic E-state index is 0.0757. The van der Waals surface area contributed by atoms with E-state index >= 15 is 0 Å². The van der Waals surface area contributed by atoms with Gasteiger partial charge in [0.05, 0.1) is 28.0 Å². The maximum atomic E-state index is 13.1. The van der Waals surface area contributed by atoms with Gasteiger partial charge >= 0.3 is 6.03 Å². The molecule has 0 spiro atoms. The van der Waals surface area contributed by atoms with Crippen molar-refractivity contribution in [3.63, 3.8) is 0 Å². The van der Waals surface area contributed by atoms with Crippen LogP contribution in [0, 0.1) is 6.92 Å². The summed E-state index contributed by atoms with van der Waals surface area (Å²) in [5.74, 6) is 1.03. The van der Waals surface area contributed by atoms with E-state index in [2.05, 4.69) is 10.3 Å². The number of nitrogens with one attached hydrogen (secondary N) is 2. The average molecular weight is 505 g/mol. The molecule has 2 amide bonds. The molecule has 2 aromatic heterocycles. The molecule has 4 rings (SSSR count). The van der Waals surface area contributed by atoms with E-state index in [0.29, 0.717) is 38.2 Å². The average Bonchev–Trinajstić information content (AvgIpc) is 3.22. The highest BCUT2D eigenvalue weighted by atomic mass is 35.5. The van der Waals surface area contributed by atoms with Gasteiger partial charge in [0.15, 0.2) is 0 Å². The Kier molecular flexibility index (Phi) is 6.11. The third-order valence-corrected chi connectivity index (χ3v) is 7.72. The second kappa shape index (κ2) is 8.85. The lowest BCUT2D eigenvalue weighted by Gasteiger charge is -2.12. The summed E-state index contributed by atoms with van der Waals surface area (Å²) in [7, 11) is -2.52. The molecule has 0 radical (unpaired) electrons. The zero-order valence-corrected chi connectivity index (χ0v) is 19.7. The van der Waals surface area contributed by atoms with Crippen LogP contribution in [-0.4, -0.2) is 31.1 Å². The van der Waals surface area contributed by atoms with Crippen molar-refractivity contribution in [1.29, 1.82) is 0 Å². The van der Waals surface area contributed by atoms with Gasteiger partial charge in [-0.1, -0.05) is 11.6 Å². The predicted octanol–water partition coefficient (Wildman–Crippen LogP) is 3.93. The summed E-state index contributed by atoms with van der Waals surface area (Å²) >= 11 is 6.60. The molecule has 0 aliphatic rings. The first kappa shape index (κ1) is 22.8. The Balaban J connectivity index is 1.57. The van der Waals surface area contributed by atoms with Gasteiger partial charge in [0.25, 0.3) is 15.6 Å². The van der Waals surface area contributed by atoms with E-state index < -0.39 is 16.1 Å². The number of carbonyl (C=O) groups excluding carboxylic acids is 1. The van der Waals surface area contributed by atoms with Crippen LogP contribution in [0.25, 0.3) is 16.6 Å². The molecule has 0 atom stereocenters. The van der Waals surface area contributed by atoms with Gasteiger partial charge in [-0.3, -0.25) is 9.36 Å². The van der Waals surface area contributed by atoms with Crippen molar-refractivity contribution in [1.82, 2.24) is 14.3 Å². The second-order valence-corrected chi connectivity index (χ2v) is 10.5. The molecule has 9 nitrogen and oxygen atoms in total. The van der Waals surface area contributed by atoms with Crippen LogP contribution < -0.4 is 20.3 Å². The highest BCUT2D eigenvalue weighted by molar-refractivity contribution is 7.92. The fourth-order valence-corrected chi connectivity index (χ4v) is 5.56. The minimum atomic E-state index is -4.04. The Morgan fingerprint density at radius 2 is 1.85 bits per heavy atom. The number of carbonyl (C=O) groups is 1. The molecule has 0 bridgehead atoms. The Bertz CT molecular complexity index is 1530. The van der Waals surface area contributed by atoms with Crippen molar-refractivity contribution in [2.75, 3.05) is 12.4 Å². The number of aryl methyl sites for hydroxylation is 1. The van der Waals surface area contributed by atoms with Crippen LogP contribution in [0.5, 0.6) is 5.75 Å². The quantitative estimate of drug-likeness (QED) is 0.425. The van der Waals surface area contributed by atoms with Gasteiger partial charge in [-0.05, 0) is 61.5 Å². The van der Waals surface area contributed by atoms with Gasteiger partial charge in [0, 0.05) is 5.69 Å². The lowest BCUT2D eigenvalue weighted by Crippen LogP contribution is -2.33. The first-order chi connectivity index (χ1) is 15.7. The number of urea groups is 1. The molecule has 0 saturated carbocycles. The van der Waals surface area contributed by atoms with Crippen LogP contribution >= 0.6 is 22.9 Å². The van der Waals surface area contributed by atoms with E-state index in [-0.39, 0.29) is 9.77 Å². The highest BCUT2D eigenvalue weighted by Gasteiger charge is 2.20. The molecule has 0 fully saturated rings. The molecular formula is C21H17ClN4O5S2. The van der Waals surface area contributed by atoms with Crippen LogP contribution in [0.2, 0.25) is 4.34 Å². The lowest BCUT2D eigenvalue weighted by atomic mass is 10.2. The molecular weight excluding hydrogens is 488 g/mol. The fourth-order valence-electron chi connectivity index (χ4n) is 3.17. The normalized spacial score (nSPS) is 11.4. The van der Waals surface area contributed by atoms with Crippen molar-refractivity contribution >= 4 is 55.6 Å². The van der Waals surface area contributed by atoms with E-state index in [1.54, 1.807) is 49.4 Å². The van der Waals surface area contributed by atoms with E-state index in [9.17, 15) is 18.0 Å². The van der Waals surface area contributed by atoms with Gasteiger partial charge in [0.2, 0.25) is 0 Å². The Labute approximate surface area is 197 Å². The molecule has 12 heteroatoms. The summed E-state index contributed by atoms with van der Waals surface area (Å²) in [5, 5.41) is 2.85. The number of rotatable bonds is 5. The second-order valence-electron chi connectivity index (χ2n) is 6.85. The van der Waals surface area contributed by atoms with Crippen LogP contribution in [-0.2, 0) is 10.0 Å². The lowest BCUT2D eigenvalue weighted by molar-refractivity contribution is 0.256. The van der Waals surface area contributed by atoms with Crippen molar-refractivity contribution < 1.29 is 17.9 Å². The van der Waals surface area contributed by atoms with Crippen LogP contribution in [0.15, 0.2) is 63.6 Å². The maximum Gasteiger partial charge on any atom is 0.333 e. The molecule has 0 aliphatic carbocycles.